The molecule has 0 saturated carbocycles. The summed E-state index contributed by atoms with van der Waals surface area (Å²) in [6.45, 7) is 4.87. The zero-order valence-corrected chi connectivity index (χ0v) is 12.1. The van der Waals surface area contributed by atoms with Gasteiger partial charge >= 0.3 is 0 Å². The second kappa shape index (κ2) is 8.98. The van der Waals surface area contributed by atoms with E-state index in [1.165, 1.54) is 5.56 Å². The highest BCUT2D eigenvalue weighted by atomic mass is 16.5. The SMILES string of the molecule is COCCN(C(C)COC)C(CN)c1ccncc1. The van der Waals surface area contributed by atoms with Crippen molar-refractivity contribution in [1.82, 2.24) is 9.88 Å². The molecule has 19 heavy (non-hydrogen) atoms. The van der Waals surface area contributed by atoms with Crippen molar-refractivity contribution in [1.29, 1.82) is 0 Å². The van der Waals surface area contributed by atoms with E-state index in [0.29, 0.717) is 19.8 Å². The lowest BCUT2D eigenvalue weighted by molar-refractivity contribution is 0.0486. The molecule has 2 atom stereocenters. The molecule has 1 rings (SSSR count). The quantitative estimate of drug-likeness (QED) is 0.725. The Hall–Kier alpha value is -1.01. The van der Waals surface area contributed by atoms with Gasteiger partial charge in [-0.25, -0.2) is 0 Å². The van der Waals surface area contributed by atoms with Crippen LogP contribution in [0.3, 0.4) is 0 Å². The maximum atomic E-state index is 5.97. The number of pyridine rings is 1. The fraction of sp³-hybridized carbons (Fsp3) is 0.643. The molecule has 5 heteroatoms. The molecule has 108 valence electrons. The molecule has 0 aromatic carbocycles. The lowest BCUT2D eigenvalue weighted by Crippen LogP contribution is -2.43. The van der Waals surface area contributed by atoms with E-state index in [9.17, 15) is 0 Å². The topological polar surface area (TPSA) is 60.6 Å². The summed E-state index contributed by atoms with van der Waals surface area (Å²) < 4.78 is 10.5. The second-order valence-electron chi connectivity index (χ2n) is 4.57. The van der Waals surface area contributed by atoms with Crippen molar-refractivity contribution in [3.05, 3.63) is 30.1 Å². The van der Waals surface area contributed by atoms with Crippen molar-refractivity contribution in [3.8, 4) is 0 Å². The van der Waals surface area contributed by atoms with Crippen LogP contribution in [-0.4, -0.2) is 56.4 Å². The third kappa shape index (κ3) is 4.87. The second-order valence-corrected chi connectivity index (χ2v) is 4.57. The van der Waals surface area contributed by atoms with Gasteiger partial charge in [-0.3, -0.25) is 9.88 Å². The molecular formula is C14H25N3O2. The molecule has 0 aliphatic heterocycles. The van der Waals surface area contributed by atoms with Crippen molar-refractivity contribution in [2.45, 2.75) is 19.0 Å². The monoisotopic (exact) mass is 267 g/mol. The summed E-state index contributed by atoms with van der Waals surface area (Å²) in [5.74, 6) is 0. The number of methoxy groups -OCH3 is 2. The van der Waals surface area contributed by atoms with Crippen molar-refractivity contribution >= 4 is 0 Å². The highest BCUT2D eigenvalue weighted by Crippen LogP contribution is 2.21. The molecular weight excluding hydrogens is 242 g/mol. The Labute approximate surface area is 115 Å². The molecule has 0 bridgehead atoms. The van der Waals surface area contributed by atoms with Gasteiger partial charge in [0.2, 0.25) is 0 Å². The molecule has 0 aliphatic rings. The minimum absolute atomic E-state index is 0.156. The fourth-order valence-electron chi connectivity index (χ4n) is 2.27. The smallest absolute Gasteiger partial charge is 0.0615 e. The first-order chi connectivity index (χ1) is 9.24. The minimum Gasteiger partial charge on any atom is -0.383 e. The fourth-order valence-corrected chi connectivity index (χ4v) is 2.27. The molecule has 0 aliphatic carbocycles. The van der Waals surface area contributed by atoms with Gasteiger partial charge in [0.05, 0.1) is 13.2 Å². The summed E-state index contributed by atoms with van der Waals surface area (Å²) in [5.41, 5.74) is 7.15. The molecule has 2 N–H and O–H groups in total. The van der Waals surface area contributed by atoms with Crippen LogP contribution in [0.4, 0.5) is 0 Å². The molecule has 1 aromatic rings. The average molecular weight is 267 g/mol. The molecule has 0 saturated heterocycles. The van der Waals surface area contributed by atoms with Gasteiger partial charge in [-0.1, -0.05) is 0 Å². The van der Waals surface area contributed by atoms with E-state index >= 15 is 0 Å². The number of aromatic nitrogens is 1. The van der Waals surface area contributed by atoms with Crippen LogP contribution in [0, 0.1) is 0 Å². The summed E-state index contributed by atoms with van der Waals surface area (Å²) in [5, 5.41) is 0. The lowest BCUT2D eigenvalue weighted by atomic mass is 10.0. The zero-order chi connectivity index (χ0) is 14.1. The number of rotatable bonds is 9. The molecule has 5 nitrogen and oxygen atoms in total. The Morgan fingerprint density at radius 3 is 2.47 bits per heavy atom. The number of nitrogens with zero attached hydrogens (tertiary/aromatic N) is 2. The lowest BCUT2D eigenvalue weighted by Gasteiger charge is -2.35. The Bertz CT molecular complexity index is 335. The van der Waals surface area contributed by atoms with Crippen LogP contribution in [0.5, 0.6) is 0 Å². The predicted molar refractivity (Wildman–Crippen MR) is 76.0 cm³/mol. The van der Waals surface area contributed by atoms with Gasteiger partial charge < -0.3 is 15.2 Å². The Morgan fingerprint density at radius 2 is 1.95 bits per heavy atom. The van der Waals surface area contributed by atoms with Crippen molar-refractivity contribution in [2.75, 3.05) is 40.5 Å². The average Bonchev–Trinajstić information content (AvgIpc) is 2.44. The van der Waals surface area contributed by atoms with E-state index in [2.05, 4.69) is 16.8 Å². The third-order valence-corrected chi connectivity index (χ3v) is 3.24. The van der Waals surface area contributed by atoms with E-state index in [4.69, 9.17) is 15.2 Å². The predicted octanol–water partition coefficient (Wildman–Crippen LogP) is 1.06. The minimum atomic E-state index is 0.156. The van der Waals surface area contributed by atoms with E-state index in [-0.39, 0.29) is 12.1 Å². The first-order valence-electron chi connectivity index (χ1n) is 6.58. The van der Waals surface area contributed by atoms with Crippen LogP contribution in [-0.2, 0) is 9.47 Å². The van der Waals surface area contributed by atoms with Gasteiger partial charge in [0.25, 0.3) is 0 Å². The van der Waals surface area contributed by atoms with Crippen LogP contribution in [0.2, 0.25) is 0 Å². The van der Waals surface area contributed by atoms with Gasteiger partial charge in [-0.05, 0) is 24.6 Å². The zero-order valence-electron chi connectivity index (χ0n) is 12.1. The molecule has 1 aromatic heterocycles. The van der Waals surface area contributed by atoms with E-state index in [0.717, 1.165) is 6.54 Å². The highest BCUT2D eigenvalue weighted by Gasteiger charge is 2.23. The van der Waals surface area contributed by atoms with Crippen molar-refractivity contribution in [3.63, 3.8) is 0 Å². The van der Waals surface area contributed by atoms with Crippen molar-refractivity contribution in [2.24, 2.45) is 5.73 Å². The van der Waals surface area contributed by atoms with Gasteiger partial charge in [0.1, 0.15) is 0 Å². The van der Waals surface area contributed by atoms with Crippen LogP contribution in [0.1, 0.15) is 18.5 Å². The largest absolute Gasteiger partial charge is 0.383 e. The summed E-state index contributed by atoms with van der Waals surface area (Å²) >= 11 is 0. The summed E-state index contributed by atoms with van der Waals surface area (Å²) in [7, 11) is 3.43. The standard InChI is InChI=1S/C14H25N3O2/c1-12(11-19-3)17(8-9-18-2)14(10-15)13-4-6-16-7-5-13/h4-7,12,14H,8-11,15H2,1-3H3. The van der Waals surface area contributed by atoms with Gasteiger partial charge in [-0.15, -0.1) is 0 Å². The Kier molecular flexibility index (Phi) is 7.59. The number of hydrogen-bond acceptors (Lipinski definition) is 5. The van der Waals surface area contributed by atoms with Gasteiger partial charge in [0, 0.05) is 51.8 Å². The van der Waals surface area contributed by atoms with Crippen LogP contribution in [0.25, 0.3) is 0 Å². The Morgan fingerprint density at radius 1 is 1.26 bits per heavy atom. The first-order valence-corrected chi connectivity index (χ1v) is 6.58. The molecule has 0 radical (unpaired) electrons. The van der Waals surface area contributed by atoms with E-state index in [1.807, 2.05) is 12.1 Å². The van der Waals surface area contributed by atoms with E-state index in [1.54, 1.807) is 26.6 Å². The van der Waals surface area contributed by atoms with Crippen molar-refractivity contribution < 1.29 is 9.47 Å². The molecule has 0 spiro atoms. The first kappa shape index (κ1) is 16.0. The van der Waals surface area contributed by atoms with E-state index < -0.39 is 0 Å². The molecule has 1 heterocycles. The Balaban J connectivity index is 2.85. The number of hydrogen-bond donors (Lipinski definition) is 1. The van der Waals surface area contributed by atoms with Gasteiger partial charge in [-0.2, -0.15) is 0 Å². The van der Waals surface area contributed by atoms with Crippen LogP contribution >= 0.6 is 0 Å². The van der Waals surface area contributed by atoms with Crippen LogP contribution in [0.15, 0.2) is 24.5 Å². The number of ether oxygens (including phenoxy) is 2. The molecule has 0 amide bonds. The highest BCUT2D eigenvalue weighted by molar-refractivity contribution is 5.16. The summed E-state index contributed by atoms with van der Waals surface area (Å²) in [6, 6.07) is 4.46. The maximum absolute atomic E-state index is 5.97. The maximum Gasteiger partial charge on any atom is 0.0615 e. The molecule has 0 fully saturated rings. The summed E-state index contributed by atoms with van der Waals surface area (Å²) in [4.78, 5) is 6.38. The summed E-state index contributed by atoms with van der Waals surface area (Å²) in [6.07, 6.45) is 3.60. The van der Waals surface area contributed by atoms with Crippen LogP contribution < -0.4 is 5.73 Å². The van der Waals surface area contributed by atoms with Gasteiger partial charge in [0.15, 0.2) is 0 Å². The number of nitrogens with two attached hydrogens (primary N) is 1. The molecule has 2 unspecified atom stereocenters. The normalized spacial score (nSPS) is 14.6. The third-order valence-electron chi connectivity index (χ3n) is 3.24.